The second-order valence-corrected chi connectivity index (χ2v) is 13.3. The Bertz CT molecular complexity index is 2930. The van der Waals surface area contributed by atoms with E-state index in [1.165, 1.54) is 16.3 Å². The average Bonchev–Trinajstić information content (AvgIpc) is 3.63. The van der Waals surface area contributed by atoms with Crippen LogP contribution < -0.4 is 0 Å². The van der Waals surface area contributed by atoms with Gasteiger partial charge in [-0.3, -0.25) is 0 Å². The van der Waals surface area contributed by atoms with Crippen molar-refractivity contribution >= 4 is 32.7 Å². The van der Waals surface area contributed by atoms with Crippen LogP contribution in [0.3, 0.4) is 0 Å². The van der Waals surface area contributed by atoms with Gasteiger partial charge in [0.25, 0.3) is 0 Å². The Kier molecular flexibility index (Phi) is 7.43. The molecule has 0 saturated carbocycles. The highest BCUT2D eigenvalue weighted by atomic mass is 16.3. The van der Waals surface area contributed by atoms with Crippen molar-refractivity contribution in [2.45, 2.75) is 0 Å². The molecule has 0 aliphatic rings. The molecule has 0 N–H and O–H groups in total. The van der Waals surface area contributed by atoms with Gasteiger partial charge in [-0.05, 0) is 68.9 Å². The zero-order valence-electron chi connectivity index (χ0n) is 28.6. The monoisotopic (exact) mass is 677 g/mol. The maximum absolute atomic E-state index is 6.50. The first-order chi connectivity index (χ1) is 26.2. The van der Waals surface area contributed by atoms with Crippen LogP contribution in [0.5, 0.6) is 0 Å². The van der Waals surface area contributed by atoms with Crippen LogP contribution in [0.4, 0.5) is 0 Å². The number of nitrogens with zero attached hydrogens (tertiary/aromatic N) is 3. The number of furan rings is 1. The van der Waals surface area contributed by atoms with Crippen LogP contribution in [0.2, 0.25) is 0 Å². The topological polar surface area (TPSA) is 51.8 Å². The summed E-state index contributed by atoms with van der Waals surface area (Å²) in [5.74, 6) is 1.84. The van der Waals surface area contributed by atoms with Gasteiger partial charge in [-0.1, -0.05) is 158 Å². The van der Waals surface area contributed by atoms with Crippen molar-refractivity contribution in [3.8, 4) is 67.5 Å². The highest BCUT2D eigenvalue weighted by molar-refractivity contribution is 6.09. The second-order valence-electron chi connectivity index (χ2n) is 13.3. The molecule has 0 fully saturated rings. The summed E-state index contributed by atoms with van der Waals surface area (Å²) in [5.41, 5.74) is 11.0. The van der Waals surface area contributed by atoms with Gasteiger partial charge >= 0.3 is 0 Å². The van der Waals surface area contributed by atoms with Crippen molar-refractivity contribution in [2.24, 2.45) is 0 Å². The van der Waals surface area contributed by atoms with E-state index in [1.807, 2.05) is 48.5 Å². The Morgan fingerprint density at radius 1 is 0.302 bits per heavy atom. The Hall–Kier alpha value is -7.17. The van der Waals surface area contributed by atoms with E-state index in [1.54, 1.807) is 0 Å². The van der Waals surface area contributed by atoms with Crippen molar-refractivity contribution in [3.63, 3.8) is 0 Å². The predicted molar refractivity (Wildman–Crippen MR) is 217 cm³/mol. The molecule has 8 aromatic carbocycles. The standard InChI is InChI=1S/C49H31N3O/c1-3-12-32(13-4-1)39-29-40(42-19-11-20-44-43-18-9-10-21-45(43)53-46(42)44)31-41(30-39)49-51-47(35-15-5-2-6-16-35)50-48(52-49)36-25-22-34(23-26-36)38-27-24-33-14-7-8-17-37(33)28-38/h1-31H. The largest absolute Gasteiger partial charge is 0.455 e. The normalized spacial score (nSPS) is 11.4. The molecule has 10 rings (SSSR count). The van der Waals surface area contributed by atoms with E-state index in [4.69, 9.17) is 19.4 Å². The Morgan fingerprint density at radius 2 is 0.830 bits per heavy atom. The fourth-order valence-electron chi connectivity index (χ4n) is 7.22. The molecule has 0 amide bonds. The van der Waals surface area contributed by atoms with Gasteiger partial charge in [0.05, 0.1) is 0 Å². The van der Waals surface area contributed by atoms with E-state index >= 15 is 0 Å². The minimum absolute atomic E-state index is 0.600. The quantitative estimate of drug-likeness (QED) is 0.176. The summed E-state index contributed by atoms with van der Waals surface area (Å²) >= 11 is 0. The number of rotatable bonds is 6. The van der Waals surface area contributed by atoms with Crippen LogP contribution in [0.25, 0.3) is 100 Å². The molecule has 0 aliphatic carbocycles. The number of hydrogen-bond donors (Lipinski definition) is 0. The molecule has 2 aromatic heterocycles. The lowest BCUT2D eigenvalue weighted by Gasteiger charge is -2.13. The van der Waals surface area contributed by atoms with Crippen LogP contribution >= 0.6 is 0 Å². The summed E-state index contributed by atoms with van der Waals surface area (Å²) < 4.78 is 6.50. The maximum atomic E-state index is 6.50. The maximum Gasteiger partial charge on any atom is 0.164 e. The number of fused-ring (bicyclic) bond motifs is 4. The van der Waals surface area contributed by atoms with Crippen molar-refractivity contribution in [1.82, 2.24) is 15.0 Å². The zero-order chi connectivity index (χ0) is 35.1. The van der Waals surface area contributed by atoms with Crippen molar-refractivity contribution < 1.29 is 4.42 Å². The summed E-state index contributed by atoms with van der Waals surface area (Å²) in [6.45, 7) is 0. The molecule has 248 valence electrons. The zero-order valence-corrected chi connectivity index (χ0v) is 28.6. The molecule has 0 spiro atoms. The highest BCUT2D eigenvalue weighted by Gasteiger charge is 2.17. The second kappa shape index (κ2) is 12.9. The molecule has 0 atom stereocenters. The van der Waals surface area contributed by atoms with Gasteiger partial charge in [0.15, 0.2) is 17.5 Å². The van der Waals surface area contributed by atoms with E-state index < -0.39 is 0 Å². The Labute approximate surface area is 306 Å². The van der Waals surface area contributed by atoms with Crippen LogP contribution in [0.15, 0.2) is 192 Å². The molecule has 4 heteroatoms. The fraction of sp³-hybridized carbons (Fsp3) is 0. The lowest BCUT2D eigenvalue weighted by Crippen LogP contribution is -2.00. The summed E-state index contributed by atoms with van der Waals surface area (Å²) in [6.07, 6.45) is 0. The number of hydrogen-bond acceptors (Lipinski definition) is 4. The van der Waals surface area contributed by atoms with E-state index in [-0.39, 0.29) is 0 Å². The number of aromatic nitrogens is 3. The summed E-state index contributed by atoms with van der Waals surface area (Å²) in [7, 11) is 0. The Balaban J connectivity index is 1.14. The van der Waals surface area contributed by atoms with Gasteiger partial charge in [-0.25, -0.2) is 15.0 Å². The van der Waals surface area contributed by atoms with E-state index in [9.17, 15) is 0 Å². The predicted octanol–water partition coefficient (Wildman–Crippen LogP) is 12.9. The van der Waals surface area contributed by atoms with Gasteiger partial charge in [0, 0.05) is 33.0 Å². The summed E-state index contributed by atoms with van der Waals surface area (Å²) in [4.78, 5) is 15.3. The van der Waals surface area contributed by atoms with E-state index in [0.29, 0.717) is 17.5 Å². The van der Waals surface area contributed by atoms with Crippen LogP contribution in [-0.4, -0.2) is 15.0 Å². The van der Waals surface area contributed by atoms with Gasteiger partial charge in [-0.2, -0.15) is 0 Å². The third-order valence-corrected chi connectivity index (χ3v) is 9.91. The molecular formula is C49H31N3O. The molecule has 0 saturated heterocycles. The fourth-order valence-corrected chi connectivity index (χ4v) is 7.22. The van der Waals surface area contributed by atoms with Crippen LogP contribution in [0.1, 0.15) is 0 Å². The third kappa shape index (κ3) is 5.73. The summed E-state index contributed by atoms with van der Waals surface area (Å²) in [6, 6.07) is 65.2. The minimum atomic E-state index is 0.600. The van der Waals surface area contributed by atoms with Crippen LogP contribution in [0, 0.1) is 0 Å². The minimum Gasteiger partial charge on any atom is -0.455 e. The first kappa shape index (κ1) is 30.6. The van der Waals surface area contributed by atoms with E-state index in [2.05, 4.69) is 140 Å². The smallest absolute Gasteiger partial charge is 0.164 e. The number of benzene rings is 8. The van der Waals surface area contributed by atoms with Crippen molar-refractivity contribution in [3.05, 3.63) is 188 Å². The SMILES string of the molecule is c1ccc(-c2cc(-c3nc(-c4ccccc4)nc(-c4ccc(-c5ccc6ccccc6c5)cc4)n3)cc(-c3cccc4c3oc3ccccc34)c2)cc1. The number of para-hydroxylation sites is 2. The van der Waals surface area contributed by atoms with E-state index in [0.717, 1.165) is 66.4 Å². The molecule has 4 nitrogen and oxygen atoms in total. The molecule has 0 aliphatic heterocycles. The lowest BCUT2D eigenvalue weighted by molar-refractivity contribution is 0.670. The van der Waals surface area contributed by atoms with Gasteiger partial charge < -0.3 is 4.42 Å². The molecule has 53 heavy (non-hydrogen) atoms. The molecule has 0 radical (unpaired) electrons. The lowest BCUT2D eigenvalue weighted by atomic mass is 9.94. The van der Waals surface area contributed by atoms with Gasteiger partial charge in [-0.15, -0.1) is 0 Å². The van der Waals surface area contributed by atoms with Gasteiger partial charge in [0.2, 0.25) is 0 Å². The molecular weight excluding hydrogens is 647 g/mol. The third-order valence-electron chi connectivity index (χ3n) is 9.91. The van der Waals surface area contributed by atoms with Gasteiger partial charge in [0.1, 0.15) is 11.2 Å². The highest BCUT2D eigenvalue weighted by Crippen LogP contribution is 2.39. The van der Waals surface area contributed by atoms with Crippen molar-refractivity contribution in [1.29, 1.82) is 0 Å². The Morgan fingerprint density at radius 3 is 1.60 bits per heavy atom. The molecule has 2 heterocycles. The van der Waals surface area contributed by atoms with Crippen molar-refractivity contribution in [2.75, 3.05) is 0 Å². The summed E-state index contributed by atoms with van der Waals surface area (Å²) in [5, 5.41) is 4.64. The molecule has 10 aromatic rings. The first-order valence-electron chi connectivity index (χ1n) is 17.8. The molecule has 0 unspecified atom stereocenters. The van der Waals surface area contributed by atoms with Crippen LogP contribution in [-0.2, 0) is 0 Å². The average molecular weight is 678 g/mol. The first-order valence-corrected chi connectivity index (χ1v) is 17.8. The molecule has 0 bridgehead atoms.